The lowest BCUT2D eigenvalue weighted by Crippen LogP contribution is -2.58. The number of carbonyl (C=O) groups is 2. The summed E-state index contributed by atoms with van der Waals surface area (Å²) in [5, 5.41) is 25.8. The Morgan fingerprint density at radius 2 is 1.78 bits per heavy atom. The van der Waals surface area contributed by atoms with E-state index in [1.807, 2.05) is 13.0 Å². The molecule has 1 aliphatic carbocycles. The minimum absolute atomic E-state index is 0.0101. The van der Waals surface area contributed by atoms with Crippen molar-refractivity contribution in [3.05, 3.63) is 64.2 Å². The molecule has 2 amide bonds. The summed E-state index contributed by atoms with van der Waals surface area (Å²) in [7, 11) is 0. The number of aliphatic hydroxyl groups excluding tert-OH is 1. The number of halogens is 1. The lowest BCUT2D eigenvalue weighted by Gasteiger charge is -2.38. The molecule has 27 heavy (non-hydrogen) atoms. The van der Waals surface area contributed by atoms with Gasteiger partial charge in [0.2, 0.25) is 0 Å². The van der Waals surface area contributed by atoms with Crippen molar-refractivity contribution in [2.45, 2.75) is 38.0 Å². The first-order valence-electron chi connectivity index (χ1n) is 8.70. The minimum Gasteiger partial charge on any atom is -0.507 e. The van der Waals surface area contributed by atoms with Crippen LogP contribution in [0.5, 0.6) is 5.75 Å². The number of benzene rings is 2. The second-order valence-corrected chi connectivity index (χ2v) is 7.13. The van der Waals surface area contributed by atoms with Crippen LogP contribution in [0.1, 0.15) is 40.4 Å². The zero-order valence-electron chi connectivity index (χ0n) is 14.8. The van der Waals surface area contributed by atoms with Gasteiger partial charge in [-0.15, -0.1) is 0 Å². The van der Waals surface area contributed by atoms with E-state index in [4.69, 9.17) is 11.6 Å². The summed E-state index contributed by atoms with van der Waals surface area (Å²) in [4.78, 5) is 24.7. The third kappa shape index (κ3) is 4.23. The van der Waals surface area contributed by atoms with Crippen molar-refractivity contribution in [3.8, 4) is 5.75 Å². The molecule has 0 bridgehead atoms. The van der Waals surface area contributed by atoms with E-state index in [2.05, 4.69) is 10.6 Å². The zero-order valence-corrected chi connectivity index (χ0v) is 15.5. The van der Waals surface area contributed by atoms with E-state index in [9.17, 15) is 19.8 Å². The summed E-state index contributed by atoms with van der Waals surface area (Å²) >= 11 is 5.99. The number of amides is 2. The van der Waals surface area contributed by atoms with Gasteiger partial charge in [0, 0.05) is 12.1 Å². The molecule has 7 heteroatoms. The molecule has 0 heterocycles. The number of phenols is 1. The number of aryl methyl sites for hydroxylation is 1. The monoisotopic (exact) mass is 388 g/mol. The van der Waals surface area contributed by atoms with Gasteiger partial charge in [0.05, 0.1) is 10.6 Å². The maximum Gasteiger partial charge on any atom is 0.256 e. The van der Waals surface area contributed by atoms with Gasteiger partial charge in [-0.1, -0.05) is 47.5 Å². The Labute approximate surface area is 162 Å². The van der Waals surface area contributed by atoms with Crippen molar-refractivity contribution in [3.63, 3.8) is 0 Å². The van der Waals surface area contributed by atoms with Crippen molar-refractivity contribution in [1.29, 1.82) is 0 Å². The predicted molar refractivity (Wildman–Crippen MR) is 102 cm³/mol. The van der Waals surface area contributed by atoms with Gasteiger partial charge in [-0.2, -0.15) is 0 Å². The van der Waals surface area contributed by atoms with Crippen LogP contribution in [0, 0.1) is 6.92 Å². The van der Waals surface area contributed by atoms with Crippen LogP contribution in [0.15, 0.2) is 42.5 Å². The summed E-state index contributed by atoms with van der Waals surface area (Å²) < 4.78 is 0. The van der Waals surface area contributed by atoms with Crippen molar-refractivity contribution in [2.75, 3.05) is 0 Å². The summed E-state index contributed by atoms with van der Waals surface area (Å²) in [6.45, 7) is 1.88. The normalized spacial score (nSPS) is 19.7. The third-order valence-corrected chi connectivity index (χ3v) is 5.06. The van der Waals surface area contributed by atoms with Gasteiger partial charge < -0.3 is 20.8 Å². The molecule has 4 N–H and O–H groups in total. The van der Waals surface area contributed by atoms with Crippen LogP contribution in [0.25, 0.3) is 0 Å². The van der Waals surface area contributed by atoms with Gasteiger partial charge in [-0.3, -0.25) is 9.59 Å². The molecule has 0 aromatic heterocycles. The SMILES string of the molecule is Cc1cccc(C(O)C(=O)N[C@@H]2CC[C@@H]2NC(=O)c2c(O)cccc2Cl)c1. The minimum atomic E-state index is -1.27. The number of carbonyl (C=O) groups excluding carboxylic acids is 2. The molecule has 0 aliphatic heterocycles. The Morgan fingerprint density at radius 1 is 1.11 bits per heavy atom. The molecule has 2 aromatic carbocycles. The molecule has 1 saturated carbocycles. The van der Waals surface area contributed by atoms with Crippen LogP contribution in [0.2, 0.25) is 5.02 Å². The molecule has 0 spiro atoms. The average molecular weight is 389 g/mol. The van der Waals surface area contributed by atoms with E-state index < -0.39 is 17.9 Å². The highest BCUT2D eigenvalue weighted by molar-refractivity contribution is 6.34. The third-order valence-electron chi connectivity index (χ3n) is 4.74. The molecule has 1 fully saturated rings. The fourth-order valence-electron chi connectivity index (χ4n) is 3.08. The van der Waals surface area contributed by atoms with E-state index in [-0.39, 0.29) is 28.4 Å². The van der Waals surface area contributed by atoms with Crippen LogP contribution < -0.4 is 10.6 Å². The Hall–Kier alpha value is -2.57. The number of rotatable bonds is 5. The lowest BCUT2D eigenvalue weighted by atomic mass is 9.85. The Morgan fingerprint density at radius 3 is 2.41 bits per heavy atom. The first kappa shape index (κ1) is 19.2. The Kier molecular flexibility index (Phi) is 5.68. The Balaban J connectivity index is 1.61. The van der Waals surface area contributed by atoms with Gasteiger partial charge in [-0.25, -0.2) is 0 Å². The van der Waals surface area contributed by atoms with Crippen LogP contribution >= 0.6 is 11.6 Å². The number of hydrogen-bond donors (Lipinski definition) is 4. The van der Waals surface area contributed by atoms with Crippen LogP contribution in [0.3, 0.4) is 0 Å². The molecular weight excluding hydrogens is 368 g/mol. The molecule has 0 radical (unpaired) electrons. The second-order valence-electron chi connectivity index (χ2n) is 6.72. The van der Waals surface area contributed by atoms with Crippen molar-refractivity contribution in [1.82, 2.24) is 10.6 Å². The van der Waals surface area contributed by atoms with Crippen molar-refractivity contribution in [2.24, 2.45) is 0 Å². The van der Waals surface area contributed by atoms with Gasteiger partial charge in [0.1, 0.15) is 5.75 Å². The van der Waals surface area contributed by atoms with E-state index in [0.717, 1.165) is 5.56 Å². The number of aromatic hydroxyl groups is 1. The highest BCUT2D eigenvalue weighted by Crippen LogP contribution is 2.27. The smallest absolute Gasteiger partial charge is 0.256 e. The average Bonchev–Trinajstić information content (AvgIpc) is 2.62. The highest BCUT2D eigenvalue weighted by atomic mass is 35.5. The summed E-state index contributed by atoms with van der Waals surface area (Å²) in [6.07, 6.45) is 0.100. The molecule has 3 rings (SSSR count). The summed E-state index contributed by atoms with van der Waals surface area (Å²) in [5.74, 6) is -1.21. The molecular formula is C20H21ClN2O4. The quantitative estimate of drug-likeness (QED) is 0.632. The fourth-order valence-corrected chi connectivity index (χ4v) is 3.33. The van der Waals surface area contributed by atoms with E-state index in [0.29, 0.717) is 18.4 Å². The lowest BCUT2D eigenvalue weighted by molar-refractivity contribution is -0.131. The summed E-state index contributed by atoms with van der Waals surface area (Å²) in [5.41, 5.74) is 1.48. The topological polar surface area (TPSA) is 98.7 Å². The molecule has 142 valence electrons. The van der Waals surface area contributed by atoms with Crippen molar-refractivity contribution < 1.29 is 19.8 Å². The van der Waals surface area contributed by atoms with Crippen molar-refractivity contribution >= 4 is 23.4 Å². The van der Waals surface area contributed by atoms with Crippen LogP contribution in [-0.2, 0) is 4.79 Å². The van der Waals surface area contributed by atoms with Gasteiger partial charge in [0.25, 0.3) is 11.8 Å². The fraction of sp³-hybridized carbons (Fsp3) is 0.300. The van der Waals surface area contributed by atoms with E-state index >= 15 is 0 Å². The van der Waals surface area contributed by atoms with Gasteiger partial charge in [-0.05, 0) is 37.5 Å². The van der Waals surface area contributed by atoms with E-state index in [1.54, 1.807) is 24.3 Å². The van der Waals surface area contributed by atoms with Crippen LogP contribution in [-0.4, -0.2) is 34.1 Å². The van der Waals surface area contributed by atoms with Crippen LogP contribution in [0.4, 0.5) is 0 Å². The largest absolute Gasteiger partial charge is 0.507 e. The number of aliphatic hydroxyl groups is 1. The number of phenolic OH excluding ortho intramolecular Hbond substituents is 1. The van der Waals surface area contributed by atoms with E-state index in [1.165, 1.54) is 12.1 Å². The molecule has 1 aliphatic rings. The Bertz CT molecular complexity index is 851. The predicted octanol–water partition coefficient (Wildman–Crippen LogP) is 2.46. The molecule has 3 atom stereocenters. The number of hydrogen-bond acceptors (Lipinski definition) is 4. The molecule has 1 unspecified atom stereocenters. The maximum atomic E-state index is 12.4. The first-order valence-corrected chi connectivity index (χ1v) is 9.08. The number of nitrogens with one attached hydrogen (secondary N) is 2. The second kappa shape index (κ2) is 7.98. The standard InChI is InChI=1S/C20H21ClN2O4/c1-11-4-2-5-12(10-11)18(25)20(27)23-15-9-8-14(15)22-19(26)17-13(21)6-3-7-16(17)24/h2-7,10,14-15,18,24-25H,8-9H2,1H3,(H,22,26)(H,23,27)/t14-,15+,18?/m0/s1. The maximum absolute atomic E-state index is 12.4. The summed E-state index contributed by atoms with van der Waals surface area (Å²) in [6, 6.07) is 11.0. The molecule has 2 aromatic rings. The molecule has 0 saturated heterocycles. The highest BCUT2D eigenvalue weighted by Gasteiger charge is 2.35. The van der Waals surface area contributed by atoms with Gasteiger partial charge in [0.15, 0.2) is 6.10 Å². The zero-order chi connectivity index (χ0) is 19.6. The first-order chi connectivity index (χ1) is 12.9. The van der Waals surface area contributed by atoms with Gasteiger partial charge >= 0.3 is 0 Å². The molecule has 6 nitrogen and oxygen atoms in total.